The monoisotopic (exact) mass is 303 g/mol. The molecule has 21 heavy (non-hydrogen) atoms. The maximum atomic E-state index is 11.9. The van der Waals surface area contributed by atoms with Crippen LogP contribution in [0.4, 0.5) is 0 Å². The van der Waals surface area contributed by atoms with Crippen molar-refractivity contribution < 1.29 is 9.90 Å². The van der Waals surface area contributed by atoms with Crippen LogP contribution in [-0.2, 0) is 4.79 Å². The van der Waals surface area contributed by atoms with Gasteiger partial charge in [0.05, 0.1) is 0 Å². The number of pyridine rings is 1. The van der Waals surface area contributed by atoms with E-state index in [1.807, 2.05) is 18.2 Å². The van der Waals surface area contributed by atoms with Crippen molar-refractivity contribution in [2.75, 3.05) is 0 Å². The highest BCUT2D eigenvalue weighted by Crippen LogP contribution is 2.12. The largest absolute Gasteiger partial charge is 0.480 e. The molecule has 2 rings (SSSR count). The molecule has 0 saturated carbocycles. The summed E-state index contributed by atoms with van der Waals surface area (Å²) in [6, 6.07) is 9.53. The summed E-state index contributed by atoms with van der Waals surface area (Å²) in [6.45, 7) is 1.47. The van der Waals surface area contributed by atoms with Crippen molar-refractivity contribution in [3.63, 3.8) is 0 Å². The van der Waals surface area contributed by atoms with Gasteiger partial charge in [-0.25, -0.2) is 4.79 Å². The van der Waals surface area contributed by atoms with Gasteiger partial charge in [-0.1, -0.05) is 35.9 Å². The van der Waals surface area contributed by atoms with Crippen LogP contribution in [0.1, 0.15) is 24.1 Å². The van der Waals surface area contributed by atoms with Gasteiger partial charge >= 0.3 is 5.97 Å². The van der Waals surface area contributed by atoms with Gasteiger partial charge in [-0.2, -0.15) is 0 Å². The third-order valence-electron chi connectivity index (χ3n) is 3.09. The van der Waals surface area contributed by atoms with Crippen LogP contribution in [0.3, 0.4) is 0 Å². The van der Waals surface area contributed by atoms with Crippen LogP contribution in [0.25, 0.3) is 12.2 Å². The summed E-state index contributed by atoms with van der Waals surface area (Å²) in [6.07, 6.45) is 5.14. The van der Waals surface area contributed by atoms with E-state index in [1.54, 1.807) is 24.3 Å². The molecule has 0 fully saturated rings. The quantitative estimate of drug-likeness (QED) is 0.942. The van der Waals surface area contributed by atoms with Crippen LogP contribution in [-0.4, -0.2) is 15.6 Å². The average Bonchev–Trinajstić information content (AvgIpc) is 2.46. The van der Waals surface area contributed by atoms with E-state index < -0.39 is 12.0 Å². The first-order valence-electron chi connectivity index (χ1n) is 6.36. The smallest absolute Gasteiger partial charge is 0.326 e. The Hall–Kier alpha value is -2.33. The molecule has 0 aliphatic heterocycles. The van der Waals surface area contributed by atoms with Gasteiger partial charge in [-0.3, -0.25) is 4.79 Å². The number of rotatable bonds is 4. The lowest BCUT2D eigenvalue weighted by Gasteiger charge is -2.09. The van der Waals surface area contributed by atoms with E-state index in [0.717, 1.165) is 5.56 Å². The van der Waals surface area contributed by atoms with E-state index in [1.165, 1.54) is 23.8 Å². The van der Waals surface area contributed by atoms with E-state index in [-0.39, 0.29) is 5.56 Å². The summed E-state index contributed by atoms with van der Waals surface area (Å²) in [5.41, 5.74) is 1.33. The highest BCUT2D eigenvalue weighted by molar-refractivity contribution is 6.30. The summed E-state index contributed by atoms with van der Waals surface area (Å²) in [4.78, 5) is 22.8. The van der Waals surface area contributed by atoms with Gasteiger partial charge in [0.15, 0.2) is 0 Å². The Morgan fingerprint density at radius 1 is 1.19 bits per heavy atom. The molecule has 0 aliphatic rings. The highest BCUT2D eigenvalue weighted by atomic mass is 35.5. The first kappa shape index (κ1) is 15.1. The minimum atomic E-state index is -1.04. The summed E-state index contributed by atoms with van der Waals surface area (Å²) >= 11 is 5.81. The molecular weight excluding hydrogens is 290 g/mol. The highest BCUT2D eigenvalue weighted by Gasteiger charge is 2.13. The zero-order valence-corrected chi connectivity index (χ0v) is 12.1. The van der Waals surface area contributed by atoms with Crippen LogP contribution < -0.4 is 5.56 Å². The predicted octanol–water partition coefficient (Wildman–Crippen LogP) is 3.32. The van der Waals surface area contributed by atoms with E-state index in [4.69, 9.17) is 16.7 Å². The van der Waals surface area contributed by atoms with Crippen molar-refractivity contribution in [2.24, 2.45) is 0 Å². The van der Waals surface area contributed by atoms with E-state index in [9.17, 15) is 9.59 Å². The molecule has 1 aromatic heterocycles. The minimum Gasteiger partial charge on any atom is -0.480 e. The van der Waals surface area contributed by atoms with Crippen LogP contribution in [0, 0.1) is 0 Å². The van der Waals surface area contributed by atoms with E-state index in [0.29, 0.717) is 10.6 Å². The Kier molecular flexibility index (Phi) is 4.60. The molecule has 0 radical (unpaired) electrons. The van der Waals surface area contributed by atoms with Crippen LogP contribution in [0.15, 0.2) is 47.4 Å². The number of carboxylic acids is 1. The van der Waals surface area contributed by atoms with E-state index in [2.05, 4.69) is 0 Å². The molecule has 0 aliphatic carbocycles. The molecule has 0 saturated heterocycles. The molecule has 1 unspecified atom stereocenters. The second-order valence-corrected chi connectivity index (χ2v) is 5.04. The average molecular weight is 304 g/mol. The molecule has 0 bridgehead atoms. The lowest BCUT2D eigenvalue weighted by molar-refractivity contribution is -0.140. The number of hydrogen-bond donors (Lipinski definition) is 1. The molecule has 1 aromatic carbocycles. The maximum Gasteiger partial charge on any atom is 0.326 e. The molecular formula is C16H14ClNO3. The fraction of sp³-hybridized carbons (Fsp3) is 0.125. The minimum absolute atomic E-state index is 0.344. The fourth-order valence-corrected chi connectivity index (χ4v) is 1.94. The summed E-state index contributed by atoms with van der Waals surface area (Å²) in [7, 11) is 0. The first-order valence-corrected chi connectivity index (χ1v) is 6.74. The molecule has 5 heteroatoms. The molecule has 108 valence electrons. The molecule has 2 aromatic rings. The molecule has 0 amide bonds. The van der Waals surface area contributed by atoms with Gasteiger partial charge in [-0.05, 0) is 36.2 Å². The van der Waals surface area contributed by atoms with Gasteiger partial charge < -0.3 is 9.67 Å². The Bertz CT molecular complexity index is 732. The zero-order chi connectivity index (χ0) is 15.4. The van der Waals surface area contributed by atoms with Crippen molar-refractivity contribution in [2.45, 2.75) is 13.0 Å². The Morgan fingerprint density at radius 3 is 2.38 bits per heavy atom. The van der Waals surface area contributed by atoms with Crippen molar-refractivity contribution in [1.82, 2.24) is 4.57 Å². The number of nitrogens with zero attached hydrogens (tertiary/aromatic N) is 1. The van der Waals surface area contributed by atoms with Gasteiger partial charge in [0, 0.05) is 17.3 Å². The number of carboxylic acid groups (broad SMARTS) is 1. The molecule has 0 spiro atoms. The number of halogens is 1. The van der Waals surface area contributed by atoms with Crippen molar-refractivity contribution in [1.29, 1.82) is 0 Å². The Labute approximate surface area is 126 Å². The van der Waals surface area contributed by atoms with Gasteiger partial charge in [0.1, 0.15) is 6.04 Å². The van der Waals surface area contributed by atoms with Gasteiger partial charge in [-0.15, -0.1) is 0 Å². The summed E-state index contributed by atoms with van der Waals surface area (Å²) in [5, 5.41) is 9.58. The van der Waals surface area contributed by atoms with Crippen molar-refractivity contribution in [3.05, 3.63) is 69.1 Å². The van der Waals surface area contributed by atoms with Crippen LogP contribution in [0.2, 0.25) is 5.02 Å². The number of aromatic nitrogens is 1. The third-order valence-corrected chi connectivity index (χ3v) is 3.34. The molecule has 4 nitrogen and oxygen atoms in total. The maximum absolute atomic E-state index is 11.9. The van der Waals surface area contributed by atoms with Crippen molar-refractivity contribution in [3.8, 4) is 0 Å². The topological polar surface area (TPSA) is 59.3 Å². The summed E-state index contributed by atoms with van der Waals surface area (Å²) < 4.78 is 1.18. The zero-order valence-electron chi connectivity index (χ0n) is 11.4. The van der Waals surface area contributed by atoms with Crippen LogP contribution >= 0.6 is 11.6 Å². The molecule has 1 N–H and O–H groups in total. The van der Waals surface area contributed by atoms with E-state index >= 15 is 0 Å². The Balaban J connectivity index is 2.22. The lowest BCUT2D eigenvalue weighted by Crippen LogP contribution is -2.26. The predicted molar refractivity (Wildman–Crippen MR) is 83.4 cm³/mol. The lowest BCUT2D eigenvalue weighted by atomic mass is 10.1. The molecule has 1 atom stereocenters. The number of hydrogen-bond acceptors (Lipinski definition) is 2. The van der Waals surface area contributed by atoms with Crippen LogP contribution in [0.5, 0.6) is 0 Å². The SMILES string of the molecule is CC(C(=O)O)n1ccc(/C=C/c2ccc(Cl)cc2)cc1=O. The third kappa shape index (κ3) is 3.83. The fourth-order valence-electron chi connectivity index (χ4n) is 1.81. The van der Waals surface area contributed by atoms with Crippen molar-refractivity contribution >= 4 is 29.7 Å². The molecule has 1 heterocycles. The standard InChI is InChI=1S/C16H14ClNO3/c1-11(16(20)21)18-9-8-13(10-15(18)19)3-2-12-4-6-14(17)7-5-12/h2-11H,1H3,(H,20,21)/b3-2+. The number of aliphatic carboxylic acids is 1. The second-order valence-electron chi connectivity index (χ2n) is 4.60. The van der Waals surface area contributed by atoms with Gasteiger partial charge in [0.2, 0.25) is 0 Å². The Morgan fingerprint density at radius 2 is 1.81 bits per heavy atom. The normalized spacial score (nSPS) is 12.5. The first-order chi connectivity index (χ1) is 9.97. The second kappa shape index (κ2) is 6.41. The van der Waals surface area contributed by atoms with Gasteiger partial charge in [0.25, 0.3) is 5.56 Å². The number of benzene rings is 1. The number of carbonyl (C=O) groups is 1. The summed E-state index contributed by atoms with van der Waals surface area (Å²) in [5.74, 6) is -1.04.